The van der Waals surface area contributed by atoms with Gasteiger partial charge in [-0.2, -0.15) is 0 Å². The zero-order valence-corrected chi connectivity index (χ0v) is 15.0. The van der Waals surface area contributed by atoms with Gasteiger partial charge in [0.05, 0.1) is 15.0 Å². The molecule has 1 fully saturated rings. The van der Waals surface area contributed by atoms with Crippen LogP contribution in [0.25, 0.3) is 0 Å². The Morgan fingerprint density at radius 3 is 2.88 bits per heavy atom. The fraction of sp³-hybridized carbons (Fsp3) is 0.357. The summed E-state index contributed by atoms with van der Waals surface area (Å²) < 4.78 is 12.6. The normalized spacial score (nSPS) is 24.2. The number of nitrogens with one attached hydrogen (secondary N) is 1. The summed E-state index contributed by atoms with van der Waals surface area (Å²) in [4.78, 5) is 36.8. The minimum Gasteiger partial charge on any atom is -0.477 e. The van der Waals surface area contributed by atoms with Crippen LogP contribution in [0.15, 0.2) is 33.0 Å². The molecular weight excluding hydrogens is 372 g/mol. The molecule has 0 aliphatic carbocycles. The Balaban J connectivity index is 1.64. The number of β-lactam (4-membered cyclic amide) rings is 1. The van der Waals surface area contributed by atoms with Gasteiger partial charge >= 0.3 is 5.97 Å². The number of amides is 2. The van der Waals surface area contributed by atoms with E-state index in [9.17, 15) is 23.7 Å². The van der Waals surface area contributed by atoms with Crippen molar-refractivity contribution in [2.45, 2.75) is 22.5 Å². The molecule has 1 saturated heterocycles. The van der Waals surface area contributed by atoms with Crippen LogP contribution in [0.3, 0.4) is 0 Å². The maximum atomic E-state index is 12.2. The first kappa shape index (κ1) is 17.2. The number of rotatable bonds is 5. The van der Waals surface area contributed by atoms with E-state index >= 15 is 0 Å². The number of hydrogen-bond acceptors (Lipinski definition) is 6. The molecule has 2 N–H and O–H groups in total. The van der Waals surface area contributed by atoms with E-state index in [0.29, 0.717) is 15.5 Å². The number of hydrogen-bond donors (Lipinski definition) is 2. The van der Waals surface area contributed by atoms with Crippen molar-refractivity contribution in [2.75, 3.05) is 11.5 Å². The van der Waals surface area contributed by atoms with Crippen LogP contribution in [0, 0.1) is 0 Å². The average molecular weight is 386 g/mol. The van der Waals surface area contributed by atoms with Crippen molar-refractivity contribution in [2.24, 2.45) is 0 Å². The smallest absolute Gasteiger partial charge is 0.352 e. The van der Waals surface area contributed by atoms with Crippen LogP contribution in [-0.2, 0) is 25.2 Å². The molecule has 128 valence electrons. The number of thiophene rings is 1. The molecule has 3 heterocycles. The molecule has 2 unspecified atom stereocenters. The second-order valence-corrected chi connectivity index (χ2v) is 9.04. The maximum absolute atomic E-state index is 12.2. The zero-order chi connectivity index (χ0) is 17.4. The highest BCUT2D eigenvalue weighted by Gasteiger charge is 2.53. The van der Waals surface area contributed by atoms with Gasteiger partial charge < -0.3 is 10.4 Å². The second kappa shape index (κ2) is 6.69. The summed E-state index contributed by atoms with van der Waals surface area (Å²) >= 11 is 2.71. The Morgan fingerprint density at radius 2 is 2.25 bits per heavy atom. The molecule has 0 spiro atoms. The summed E-state index contributed by atoms with van der Waals surface area (Å²) in [6, 6.07) is 2.67. The highest BCUT2D eigenvalue weighted by Crippen LogP contribution is 2.40. The SMILES string of the molecule is CC1=C(C(=O)O)N2C(=O)C(NC(=O)CS(=O)c3cccs3)[C@H]2SC1. The topological polar surface area (TPSA) is 104 Å². The number of carbonyl (C=O) groups excluding carboxylic acids is 2. The molecule has 7 nitrogen and oxygen atoms in total. The Bertz CT molecular complexity index is 758. The molecule has 0 saturated carbocycles. The van der Waals surface area contributed by atoms with Crippen LogP contribution >= 0.6 is 23.1 Å². The van der Waals surface area contributed by atoms with Crippen LogP contribution in [0.1, 0.15) is 6.92 Å². The van der Waals surface area contributed by atoms with E-state index in [1.807, 2.05) is 0 Å². The van der Waals surface area contributed by atoms with E-state index < -0.39 is 40.0 Å². The average Bonchev–Trinajstić information content (AvgIpc) is 3.06. The quantitative estimate of drug-likeness (QED) is 0.719. The second-order valence-electron chi connectivity index (χ2n) is 5.31. The first-order chi connectivity index (χ1) is 11.4. The highest BCUT2D eigenvalue weighted by molar-refractivity contribution is 8.00. The van der Waals surface area contributed by atoms with Gasteiger partial charge in [-0.05, 0) is 23.9 Å². The number of nitrogens with zero attached hydrogens (tertiary/aromatic N) is 1. The molecule has 1 aromatic heterocycles. The number of fused-ring (bicyclic) bond motifs is 1. The van der Waals surface area contributed by atoms with Crippen LogP contribution in [0.2, 0.25) is 0 Å². The lowest BCUT2D eigenvalue weighted by atomic mass is 10.0. The molecule has 1 aromatic rings. The van der Waals surface area contributed by atoms with E-state index in [0.717, 1.165) is 0 Å². The summed E-state index contributed by atoms with van der Waals surface area (Å²) in [7, 11) is -1.45. The van der Waals surface area contributed by atoms with Crippen LogP contribution < -0.4 is 5.32 Å². The van der Waals surface area contributed by atoms with E-state index in [4.69, 9.17) is 0 Å². The van der Waals surface area contributed by atoms with Gasteiger partial charge in [-0.1, -0.05) is 6.07 Å². The first-order valence-electron chi connectivity index (χ1n) is 6.99. The largest absolute Gasteiger partial charge is 0.477 e. The van der Waals surface area contributed by atoms with Gasteiger partial charge in [-0.25, -0.2) is 4.79 Å². The molecule has 2 aliphatic rings. The van der Waals surface area contributed by atoms with Gasteiger partial charge in [0.1, 0.15) is 22.9 Å². The van der Waals surface area contributed by atoms with E-state index in [1.54, 1.807) is 24.4 Å². The summed E-state index contributed by atoms with van der Waals surface area (Å²) in [6.45, 7) is 1.68. The third kappa shape index (κ3) is 3.01. The summed E-state index contributed by atoms with van der Waals surface area (Å²) in [6.07, 6.45) is 0. The molecule has 2 amide bonds. The Labute approximate surface area is 148 Å². The molecule has 10 heteroatoms. The fourth-order valence-electron chi connectivity index (χ4n) is 2.57. The third-order valence-electron chi connectivity index (χ3n) is 3.66. The molecule has 3 rings (SSSR count). The van der Waals surface area contributed by atoms with Crippen LogP contribution in [0.4, 0.5) is 0 Å². The molecule has 2 aliphatic heterocycles. The lowest BCUT2D eigenvalue weighted by Gasteiger charge is -2.49. The van der Waals surface area contributed by atoms with Crippen molar-refractivity contribution < 1.29 is 23.7 Å². The van der Waals surface area contributed by atoms with Crippen molar-refractivity contribution in [3.05, 3.63) is 28.8 Å². The maximum Gasteiger partial charge on any atom is 0.352 e. The molecule has 0 bridgehead atoms. The predicted molar refractivity (Wildman–Crippen MR) is 91.0 cm³/mol. The van der Waals surface area contributed by atoms with Gasteiger partial charge in [-0.15, -0.1) is 23.1 Å². The number of thioether (sulfide) groups is 1. The van der Waals surface area contributed by atoms with Crippen molar-refractivity contribution in [1.29, 1.82) is 0 Å². The zero-order valence-electron chi connectivity index (χ0n) is 12.6. The van der Waals surface area contributed by atoms with Crippen LogP contribution in [-0.4, -0.2) is 54.9 Å². The van der Waals surface area contributed by atoms with Gasteiger partial charge in [0, 0.05) is 5.75 Å². The Morgan fingerprint density at radius 1 is 1.50 bits per heavy atom. The fourth-order valence-corrected chi connectivity index (χ4v) is 5.78. The van der Waals surface area contributed by atoms with Gasteiger partial charge in [0.25, 0.3) is 5.91 Å². The minimum absolute atomic E-state index is 0.00332. The molecule has 0 aromatic carbocycles. The Kier molecular flexibility index (Phi) is 4.79. The third-order valence-corrected chi connectivity index (χ3v) is 7.70. The van der Waals surface area contributed by atoms with E-state index in [-0.39, 0.29) is 11.4 Å². The molecule has 3 atom stereocenters. The first-order valence-corrected chi connectivity index (χ1v) is 10.2. The predicted octanol–water partition coefficient (Wildman–Crippen LogP) is 0.614. The van der Waals surface area contributed by atoms with Crippen molar-refractivity contribution in [3.63, 3.8) is 0 Å². The monoisotopic (exact) mass is 386 g/mol. The highest BCUT2D eigenvalue weighted by atomic mass is 32.2. The van der Waals surface area contributed by atoms with Gasteiger partial charge in [0.15, 0.2) is 0 Å². The lowest BCUT2D eigenvalue weighted by molar-refractivity contribution is -0.150. The Hall–Kier alpha value is -1.65. The molecular formula is C14H14N2O5S3. The van der Waals surface area contributed by atoms with Crippen molar-refractivity contribution in [1.82, 2.24) is 10.2 Å². The van der Waals surface area contributed by atoms with Gasteiger partial charge in [-0.3, -0.25) is 18.7 Å². The lowest BCUT2D eigenvalue weighted by Crippen LogP contribution is -2.70. The number of carboxylic acid groups (broad SMARTS) is 1. The molecule has 0 radical (unpaired) electrons. The summed E-state index contributed by atoms with van der Waals surface area (Å²) in [5.41, 5.74) is 0.622. The van der Waals surface area contributed by atoms with E-state index in [2.05, 4.69) is 5.32 Å². The molecule has 24 heavy (non-hydrogen) atoms. The number of aliphatic carboxylic acids is 1. The van der Waals surface area contributed by atoms with Crippen molar-refractivity contribution in [3.8, 4) is 0 Å². The summed E-state index contributed by atoms with van der Waals surface area (Å²) in [5, 5.41) is 13.2. The minimum atomic E-state index is -1.45. The summed E-state index contributed by atoms with van der Waals surface area (Å²) in [5.74, 6) is -1.80. The number of carbonyl (C=O) groups is 3. The van der Waals surface area contributed by atoms with Crippen LogP contribution in [0.5, 0.6) is 0 Å². The van der Waals surface area contributed by atoms with Crippen molar-refractivity contribution >= 4 is 51.7 Å². The standard InChI is InChI=1S/C14H14N2O5S3/c1-7-5-23-13-10(12(18)16(13)11(7)14(19)20)15-8(17)6-24(21)9-3-2-4-22-9/h2-4,10,13H,5-6H2,1H3,(H,15,17)(H,19,20)/t10?,13-,24?/m1/s1. The van der Waals surface area contributed by atoms with Gasteiger partial charge in [0.2, 0.25) is 5.91 Å². The van der Waals surface area contributed by atoms with E-state index in [1.165, 1.54) is 28.0 Å². The number of carboxylic acids is 1.